The van der Waals surface area contributed by atoms with Crippen molar-refractivity contribution in [3.63, 3.8) is 0 Å². The average molecular weight is 992 g/mol. The number of guanidine groups is 1. The molecule has 0 spiro atoms. The number of amides is 6. The fourth-order valence-electron chi connectivity index (χ4n) is 8.23. The van der Waals surface area contributed by atoms with E-state index < -0.39 is 66.2 Å². The van der Waals surface area contributed by atoms with Crippen LogP contribution in [-0.2, 0) is 56.4 Å². The van der Waals surface area contributed by atoms with Crippen LogP contribution in [-0.4, -0.2) is 98.5 Å². The van der Waals surface area contributed by atoms with Gasteiger partial charge in [-0.3, -0.25) is 48.6 Å². The summed E-state index contributed by atoms with van der Waals surface area (Å²) in [5, 5.41) is 14.5. The zero-order valence-corrected chi connectivity index (χ0v) is 41.1. The largest absolute Gasteiger partial charge is 0.370 e. The summed E-state index contributed by atoms with van der Waals surface area (Å²) in [7, 11) is 0. The molecule has 0 bridgehead atoms. The molecule has 19 nitrogen and oxygen atoms in total. The van der Waals surface area contributed by atoms with Crippen molar-refractivity contribution in [1.82, 2.24) is 46.4 Å². The minimum atomic E-state index is -1.18. The number of nitrogens with zero attached hydrogens (tertiary/aromatic N) is 4. The first-order valence-corrected chi connectivity index (χ1v) is 24.2. The molecule has 12 N–H and O–H groups in total. The normalized spacial score (nSPS) is 12.8. The predicted molar refractivity (Wildman–Crippen MR) is 279 cm³/mol. The van der Waals surface area contributed by atoms with Gasteiger partial charge in [0, 0.05) is 74.1 Å². The van der Waals surface area contributed by atoms with E-state index in [1.54, 1.807) is 30.7 Å². The summed E-state index contributed by atoms with van der Waals surface area (Å²) in [5.74, 6) is -4.15. The minimum Gasteiger partial charge on any atom is -0.370 e. The van der Waals surface area contributed by atoms with E-state index in [-0.39, 0.29) is 50.5 Å². The SMILES string of the molecule is CC(C)C[C@H](NC(=O)CNC(=O)[C@H](Cc1ccccc1)NC(=O)c1ccc(CN(Cc2ccccn2)Cc2ccccn2)cc1)C(=O)N[C@@H](CCCN=C(N)N)C(=O)N[C@@H](Cc1c[nH]c2ccccc12)C(N)=O. The van der Waals surface area contributed by atoms with E-state index in [0.29, 0.717) is 25.2 Å². The topological polar surface area (TPSA) is 298 Å². The first-order chi connectivity index (χ1) is 35.2. The smallest absolute Gasteiger partial charge is 0.251 e. The molecule has 0 fully saturated rings. The molecule has 0 radical (unpaired) electrons. The average Bonchev–Trinajstić information content (AvgIpc) is 3.79. The van der Waals surface area contributed by atoms with Gasteiger partial charge in [0.05, 0.1) is 17.9 Å². The van der Waals surface area contributed by atoms with E-state index in [9.17, 15) is 28.8 Å². The molecule has 73 heavy (non-hydrogen) atoms. The summed E-state index contributed by atoms with van der Waals surface area (Å²) >= 11 is 0. The van der Waals surface area contributed by atoms with Crippen LogP contribution in [0.15, 0.2) is 139 Å². The molecule has 3 aromatic heterocycles. The second-order valence-electron chi connectivity index (χ2n) is 18.2. The molecule has 0 aliphatic carbocycles. The van der Waals surface area contributed by atoms with E-state index in [1.165, 1.54) is 0 Å². The van der Waals surface area contributed by atoms with Gasteiger partial charge >= 0.3 is 0 Å². The van der Waals surface area contributed by atoms with Crippen molar-refractivity contribution in [3.8, 4) is 0 Å². The number of nitrogens with two attached hydrogens (primary N) is 3. The van der Waals surface area contributed by atoms with Crippen molar-refractivity contribution < 1.29 is 28.8 Å². The number of aromatic nitrogens is 3. The lowest BCUT2D eigenvalue weighted by Crippen LogP contribution is -2.57. The summed E-state index contributed by atoms with van der Waals surface area (Å²) in [4.78, 5) is 100. The van der Waals surface area contributed by atoms with Gasteiger partial charge in [0.1, 0.15) is 24.2 Å². The van der Waals surface area contributed by atoms with Crippen molar-refractivity contribution in [3.05, 3.63) is 167 Å². The van der Waals surface area contributed by atoms with Crippen molar-refractivity contribution in [2.75, 3.05) is 13.1 Å². The van der Waals surface area contributed by atoms with Crippen LogP contribution < -0.4 is 43.8 Å². The number of hydrogen-bond donors (Lipinski definition) is 9. The van der Waals surface area contributed by atoms with Crippen LogP contribution in [0.3, 0.4) is 0 Å². The maximum atomic E-state index is 14.0. The number of fused-ring (bicyclic) bond motifs is 1. The Morgan fingerprint density at radius 3 is 1.89 bits per heavy atom. The Morgan fingerprint density at radius 1 is 0.630 bits per heavy atom. The fraction of sp³-hybridized carbons (Fsp3) is 0.315. The van der Waals surface area contributed by atoms with Gasteiger partial charge in [-0.05, 0) is 84.3 Å². The number of H-pyrrole nitrogens is 1. The lowest BCUT2D eigenvalue weighted by Gasteiger charge is -2.26. The first-order valence-electron chi connectivity index (χ1n) is 24.2. The summed E-state index contributed by atoms with van der Waals surface area (Å²) in [6.07, 6.45) is 5.99. The predicted octanol–water partition coefficient (Wildman–Crippen LogP) is 2.90. The number of hydrogen-bond acceptors (Lipinski definition) is 10. The van der Waals surface area contributed by atoms with Gasteiger partial charge in [-0.2, -0.15) is 0 Å². The van der Waals surface area contributed by atoms with E-state index >= 15 is 0 Å². The Morgan fingerprint density at radius 2 is 1.26 bits per heavy atom. The monoisotopic (exact) mass is 992 g/mol. The van der Waals surface area contributed by atoms with Crippen LogP contribution in [0.5, 0.6) is 0 Å². The summed E-state index contributed by atoms with van der Waals surface area (Å²) in [6.45, 7) is 5.06. The summed E-state index contributed by atoms with van der Waals surface area (Å²) in [6, 6.07) is 30.8. The van der Waals surface area contributed by atoms with Gasteiger partial charge in [-0.15, -0.1) is 0 Å². The number of nitrogens with one attached hydrogen (secondary N) is 6. The first kappa shape index (κ1) is 53.9. The number of para-hydroxylation sites is 1. The van der Waals surface area contributed by atoms with E-state index in [4.69, 9.17) is 17.2 Å². The number of primary amides is 1. The van der Waals surface area contributed by atoms with Crippen molar-refractivity contribution in [2.45, 2.75) is 89.8 Å². The fourth-order valence-corrected chi connectivity index (χ4v) is 8.23. The number of benzene rings is 3. The highest BCUT2D eigenvalue weighted by Crippen LogP contribution is 2.20. The highest BCUT2D eigenvalue weighted by Gasteiger charge is 2.31. The Bertz CT molecular complexity index is 2740. The molecular formula is C54H65N13O6. The maximum Gasteiger partial charge on any atom is 0.251 e. The molecule has 6 amide bonds. The molecule has 0 saturated carbocycles. The van der Waals surface area contributed by atoms with Gasteiger partial charge in [-0.25, -0.2) is 0 Å². The highest BCUT2D eigenvalue weighted by atomic mass is 16.2. The maximum absolute atomic E-state index is 14.0. The molecule has 6 rings (SSSR count). The van der Waals surface area contributed by atoms with Crippen LogP contribution >= 0.6 is 0 Å². The zero-order valence-electron chi connectivity index (χ0n) is 41.1. The number of aliphatic imine (C=N–C) groups is 1. The molecule has 3 aromatic carbocycles. The van der Waals surface area contributed by atoms with E-state index in [1.807, 2.05) is 117 Å². The molecule has 0 saturated heterocycles. The van der Waals surface area contributed by atoms with Gasteiger partial charge in [0.2, 0.25) is 29.5 Å². The lowest BCUT2D eigenvalue weighted by atomic mass is 10.0. The minimum absolute atomic E-state index is 0.0714. The van der Waals surface area contributed by atoms with Crippen molar-refractivity contribution >= 4 is 52.3 Å². The highest BCUT2D eigenvalue weighted by molar-refractivity contribution is 5.99. The summed E-state index contributed by atoms with van der Waals surface area (Å²) < 4.78 is 0. The van der Waals surface area contributed by atoms with E-state index in [0.717, 1.165) is 39.0 Å². The second-order valence-corrected chi connectivity index (χ2v) is 18.2. The van der Waals surface area contributed by atoms with Crippen molar-refractivity contribution in [1.29, 1.82) is 0 Å². The van der Waals surface area contributed by atoms with Crippen LogP contribution in [0.1, 0.15) is 71.5 Å². The van der Waals surface area contributed by atoms with Gasteiger partial charge in [0.25, 0.3) is 5.91 Å². The molecule has 19 heteroatoms. The Balaban J connectivity index is 1.09. The lowest BCUT2D eigenvalue weighted by molar-refractivity contribution is -0.133. The van der Waals surface area contributed by atoms with Crippen LogP contribution in [0.2, 0.25) is 0 Å². The molecule has 0 unspecified atom stereocenters. The number of aromatic amines is 1. The molecule has 3 heterocycles. The molecule has 0 aliphatic heterocycles. The second kappa shape index (κ2) is 27.2. The van der Waals surface area contributed by atoms with Crippen molar-refractivity contribution in [2.24, 2.45) is 28.1 Å². The quantitative estimate of drug-likeness (QED) is 0.0205. The van der Waals surface area contributed by atoms with Gasteiger partial charge in [0.15, 0.2) is 5.96 Å². The molecule has 6 aromatic rings. The third-order valence-electron chi connectivity index (χ3n) is 11.9. The van der Waals surface area contributed by atoms with E-state index in [2.05, 4.69) is 51.4 Å². The molecule has 4 atom stereocenters. The number of pyridine rings is 2. The zero-order chi connectivity index (χ0) is 52.1. The Kier molecular flexibility index (Phi) is 20.1. The summed E-state index contributed by atoms with van der Waals surface area (Å²) in [5.41, 5.74) is 22.3. The van der Waals surface area contributed by atoms with Gasteiger partial charge in [-0.1, -0.05) is 86.6 Å². The molecule has 382 valence electrons. The Labute approximate surface area is 424 Å². The Hall–Kier alpha value is -8.45. The molecule has 0 aliphatic rings. The third-order valence-corrected chi connectivity index (χ3v) is 11.9. The van der Waals surface area contributed by atoms with Crippen LogP contribution in [0, 0.1) is 5.92 Å². The number of carbonyl (C=O) groups excluding carboxylic acids is 6. The van der Waals surface area contributed by atoms with Crippen LogP contribution in [0.25, 0.3) is 10.9 Å². The van der Waals surface area contributed by atoms with Gasteiger partial charge < -0.3 is 48.8 Å². The standard InChI is InChI=1S/C54H65N13O6/c1-35(2)27-46(53(73)64-44(19-12-26-60-54(56)57)52(72)65-45(49(55)69)29-39-30-61-43-18-7-6-17-42(39)43)63-48(68)31-62-51(71)47(28-36-13-4-3-5-14-36)66-50(70)38-22-20-37(21-23-38)32-67(33-40-15-8-10-24-58-40)34-41-16-9-11-25-59-41/h3-11,13-18,20-25,30,35,44-47,61H,12,19,26-29,31-34H2,1-2H3,(H2,55,69)(H,62,71)(H,63,68)(H,64,73)(H,65,72)(H,66,70)(H4,56,57,60)/t44-,45-,46-,47-/m0/s1. The van der Waals surface area contributed by atoms with Crippen LogP contribution in [0.4, 0.5) is 0 Å². The third kappa shape index (κ3) is 17.4. The number of rotatable bonds is 27. The number of carbonyl (C=O) groups is 6. The molecular weight excluding hydrogens is 927 g/mol.